The van der Waals surface area contributed by atoms with Crippen LogP contribution >= 0.6 is 0 Å². The quantitative estimate of drug-likeness (QED) is 0.123. The monoisotopic (exact) mass is 1320 g/mol. The Hall–Kier alpha value is -8.63. The minimum atomic E-state index is -0.332. The van der Waals surface area contributed by atoms with Gasteiger partial charge in [-0.3, -0.25) is 43.7 Å². The second-order valence-electron chi connectivity index (χ2n) is 31.3. The summed E-state index contributed by atoms with van der Waals surface area (Å²) in [5, 5.41) is 16.2. The van der Waals surface area contributed by atoms with Crippen LogP contribution in [0.4, 0.5) is 0 Å². The number of rotatable bonds is 9. The number of hydrogen-bond acceptors (Lipinski definition) is 15. The normalized spacial score (nSPS) is 33.2. The number of benzene rings is 3. The van der Waals surface area contributed by atoms with Crippen molar-refractivity contribution in [1.29, 1.82) is 0 Å². The van der Waals surface area contributed by atoms with Crippen LogP contribution in [-0.4, -0.2) is 109 Å². The maximum absolute atomic E-state index is 13.5. The molecule has 6 aromatic rings. The Morgan fingerprint density at radius 3 is 1.29 bits per heavy atom. The van der Waals surface area contributed by atoms with Crippen LogP contribution in [0.3, 0.4) is 0 Å². The van der Waals surface area contributed by atoms with Crippen LogP contribution in [0.2, 0.25) is 0 Å². The van der Waals surface area contributed by atoms with E-state index in [1.807, 2.05) is 64.0 Å². The fourth-order valence-electron chi connectivity index (χ4n) is 20.3. The third kappa shape index (κ3) is 11.2. The summed E-state index contributed by atoms with van der Waals surface area (Å²) in [6, 6.07) is 25.0. The SMILES string of the molecule is CNCC1CC(=O)C2=C(C1)O[C@@H]1C(=C2)C=C[C@]2(C)[C@@H](c3ccc4cnccc4c3)C(=O)C[C@@H]12.CNCC1CC(=O)C2=C(C1)O[C@@H]1C(=C2)CC[C@]2(C)[C@@H](c3ccc4ccncc4c3)C(=O)C[C@@H]12.CNCC1CC(=O)C2=C(C1)O[C@@H]1C(=C2)CC[C@]2(C)[C@@H](c3ccc4cnccc4c3)C(=O)C[C@@H]12. The molecule has 99 heavy (non-hydrogen) atoms. The number of hydrogen-bond donors (Lipinski definition) is 3. The molecule has 15 nitrogen and oxygen atoms in total. The molecule has 0 spiro atoms. The van der Waals surface area contributed by atoms with E-state index in [9.17, 15) is 28.8 Å². The molecule has 0 saturated heterocycles. The van der Waals surface area contributed by atoms with Gasteiger partial charge < -0.3 is 30.2 Å². The number of Topliss-reactive ketones (excluding diaryl/α,β-unsaturated/α-hetero) is 6. The van der Waals surface area contributed by atoms with E-state index in [0.717, 1.165) is 153 Å². The number of pyridine rings is 3. The first kappa shape index (κ1) is 65.0. The number of ketones is 6. The number of carbonyl (C=O) groups is 6. The molecule has 3 aromatic carbocycles. The average Bonchev–Trinajstić information content (AvgIpc) is 1.61. The van der Waals surface area contributed by atoms with Gasteiger partial charge in [0, 0.05) is 146 Å². The van der Waals surface area contributed by atoms with Gasteiger partial charge in [0.25, 0.3) is 0 Å². The predicted octanol–water partition coefficient (Wildman–Crippen LogP) is 13.2. The standard InChI is InChI=1S/C28H30N2O3.C28H28N2O3.C28H30N2O3/c2*1-28-7-5-19-12-21-23(31)9-16(14-29-2)10-25(21)33-27(19)22(28)13-24(32)26(28)18-3-4-20-15-30-8-6-17(20)11-18;1-28-7-5-19-12-21-23(31)9-16(14-29-2)10-25(21)33-27(19)22(28)13-24(32)26(28)18-4-3-17-6-8-30-15-20(17)11-18/h3-4,6,8,11-12,15-16,22,26-27,29H,5,7,9-10,13-14H2,1-2H3;3-8,11-12,15-16,22,26-27,29H,9-10,13-14H2,1-2H3;3-4,6,8,11-12,15-16,22,26-27,29H,5,7,9-10,13-14H2,1-2H3/t3*16?,22-,26-,27+,28-/m000/s1. The molecule has 5 saturated carbocycles. The van der Waals surface area contributed by atoms with E-state index in [0.29, 0.717) is 50.1 Å². The molecule has 508 valence electrons. The highest BCUT2D eigenvalue weighted by molar-refractivity contribution is 6.02. The lowest BCUT2D eigenvalue weighted by Gasteiger charge is -2.47. The van der Waals surface area contributed by atoms with Gasteiger partial charge in [0.2, 0.25) is 0 Å². The zero-order chi connectivity index (χ0) is 68.2. The smallest absolute Gasteiger partial charge is 0.166 e. The van der Waals surface area contributed by atoms with Crippen molar-refractivity contribution in [2.45, 2.75) is 140 Å². The fourth-order valence-corrected chi connectivity index (χ4v) is 20.3. The number of aromatic nitrogens is 3. The summed E-state index contributed by atoms with van der Waals surface area (Å²) >= 11 is 0. The molecule has 9 aliphatic carbocycles. The first-order valence-electron chi connectivity index (χ1n) is 36.1. The molecule has 12 aliphatic rings. The molecular formula is C84H88N6O9. The van der Waals surface area contributed by atoms with Gasteiger partial charge in [0.05, 0.1) is 22.6 Å². The predicted molar refractivity (Wildman–Crippen MR) is 380 cm³/mol. The molecule has 3 aliphatic heterocycles. The lowest BCUT2D eigenvalue weighted by Crippen LogP contribution is -2.44. The van der Waals surface area contributed by atoms with Crippen LogP contribution in [0.1, 0.15) is 139 Å². The van der Waals surface area contributed by atoms with Crippen LogP contribution in [0.15, 0.2) is 191 Å². The highest BCUT2D eigenvalue weighted by Gasteiger charge is 2.61. The Labute approximate surface area is 578 Å². The number of nitrogens with zero attached hydrogens (tertiary/aromatic N) is 3. The maximum atomic E-state index is 13.5. The van der Waals surface area contributed by atoms with E-state index >= 15 is 0 Å². The van der Waals surface area contributed by atoms with Crippen molar-refractivity contribution in [2.24, 2.45) is 51.8 Å². The Bertz CT molecular complexity index is 4460. The van der Waals surface area contributed by atoms with Crippen LogP contribution in [0, 0.1) is 51.8 Å². The summed E-state index contributed by atoms with van der Waals surface area (Å²) in [5.74, 6) is 4.61. The number of fused-ring (bicyclic) bond motifs is 12. The number of ether oxygens (including phenoxy) is 3. The molecule has 3 aromatic heterocycles. The first-order chi connectivity index (χ1) is 47.9. The Morgan fingerprint density at radius 1 is 0.424 bits per heavy atom. The second kappa shape index (κ2) is 25.5. The fraction of sp³-hybridized carbons (Fsp3) is 0.440. The Morgan fingerprint density at radius 2 is 0.818 bits per heavy atom. The lowest BCUT2D eigenvalue weighted by molar-refractivity contribution is -0.120. The van der Waals surface area contributed by atoms with Crippen molar-refractivity contribution in [3.05, 3.63) is 208 Å². The molecule has 3 N–H and O–H groups in total. The molecule has 6 heterocycles. The molecule has 0 amide bonds. The van der Waals surface area contributed by atoms with Crippen molar-refractivity contribution in [3.8, 4) is 0 Å². The van der Waals surface area contributed by atoms with Crippen molar-refractivity contribution >= 4 is 67.0 Å². The van der Waals surface area contributed by atoms with Crippen molar-refractivity contribution in [1.82, 2.24) is 30.9 Å². The molecule has 0 bridgehead atoms. The molecular weight excluding hydrogens is 1240 g/mol. The van der Waals surface area contributed by atoms with Crippen LogP contribution < -0.4 is 16.0 Å². The zero-order valence-corrected chi connectivity index (χ0v) is 57.5. The van der Waals surface area contributed by atoms with E-state index in [1.165, 1.54) is 11.1 Å². The minimum absolute atomic E-state index is 0.0493. The number of nitrogens with one attached hydrogen (secondary N) is 3. The summed E-state index contributed by atoms with van der Waals surface area (Å²) in [5.41, 5.74) is 8.32. The van der Waals surface area contributed by atoms with Gasteiger partial charge in [-0.1, -0.05) is 81.5 Å². The molecule has 18 rings (SSSR count). The summed E-state index contributed by atoms with van der Waals surface area (Å²) in [7, 11) is 5.77. The third-order valence-corrected chi connectivity index (χ3v) is 25.3. The number of carbonyl (C=O) groups excluding carboxylic acids is 6. The highest BCUT2D eigenvalue weighted by atomic mass is 16.5. The summed E-state index contributed by atoms with van der Waals surface area (Å²) in [4.78, 5) is 91.4. The third-order valence-electron chi connectivity index (χ3n) is 25.3. The molecule has 3 unspecified atom stereocenters. The van der Waals surface area contributed by atoms with Gasteiger partial charge in [0.15, 0.2) is 17.3 Å². The molecule has 15 heteroatoms. The molecule has 15 atom stereocenters. The van der Waals surface area contributed by atoms with E-state index in [1.54, 1.807) is 18.6 Å². The van der Waals surface area contributed by atoms with Gasteiger partial charge in [0.1, 0.15) is 52.9 Å². The van der Waals surface area contributed by atoms with Crippen LogP contribution in [0.5, 0.6) is 0 Å². The average molecular weight is 1330 g/mol. The van der Waals surface area contributed by atoms with Gasteiger partial charge in [-0.2, -0.15) is 0 Å². The summed E-state index contributed by atoms with van der Waals surface area (Å²) in [6.07, 6.45) is 30.4. The highest BCUT2D eigenvalue weighted by Crippen LogP contribution is 2.64. The van der Waals surface area contributed by atoms with Gasteiger partial charge in [-0.15, -0.1) is 0 Å². The largest absolute Gasteiger partial charge is 0.489 e. The summed E-state index contributed by atoms with van der Waals surface area (Å²) in [6.45, 7) is 9.18. The van der Waals surface area contributed by atoms with Crippen LogP contribution in [0.25, 0.3) is 32.3 Å². The zero-order valence-electron chi connectivity index (χ0n) is 57.5. The molecule has 5 fully saturated rings. The second-order valence-corrected chi connectivity index (χ2v) is 31.3. The van der Waals surface area contributed by atoms with Crippen LogP contribution in [-0.2, 0) is 43.0 Å². The summed E-state index contributed by atoms with van der Waals surface area (Å²) < 4.78 is 19.8. The van der Waals surface area contributed by atoms with Gasteiger partial charge >= 0.3 is 0 Å². The van der Waals surface area contributed by atoms with E-state index < -0.39 is 0 Å². The van der Waals surface area contributed by atoms with Crippen molar-refractivity contribution in [2.75, 3.05) is 40.8 Å². The van der Waals surface area contributed by atoms with Gasteiger partial charge in [-0.25, -0.2) is 0 Å². The van der Waals surface area contributed by atoms with E-state index in [2.05, 4.69) is 131 Å². The van der Waals surface area contributed by atoms with Crippen molar-refractivity contribution < 1.29 is 43.0 Å². The van der Waals surface area contributed by atoms with Gasteiger partial charge in [-0.05, 0) is 187 Å². The molecule has 0 radical (unpaired) electrons. The maximum Gasteiger partial charge on any atom is 0.166 e. The van der Waals surface area contributed by atoms with E-state index in [-0.39, 0.29) is 111 Å². The lowest BCUT2D eigenvalue weighted by atomic mass is 9.61. The minimum Gasteiger partial charge on any atom is -0.489 e. The Kier molecular flexibility index (Phi) is 16.8. The van der Waals surface area contributed by atoms with Crippen molar-refractivity contribution in [3.63, 3.8) is 0 Å². The topological polar surface area (TPSA) is 205 Å². The number of allylic oxidation sites excluding steroid dienone is 10. The Balaban J connectivity index is 0.000000116. The van der Waals surface area contributed by atoms with E-state index in [4.69, 9.17) is 14.2 Å². The first-order valence-corrected chi connectivity index (χ1v) is 36.1.